The van der Waals surface area contributed by atoms with Gasteiger partial charge < -0.3 is 0 Å². The Morgan fingerprint density at radius 2 is 1.25 bits per heavy atom. The van der Waals surface area contributed by atoms with E-state index in [-0.39, 0.29) is 26.2 Å². The van der Waals surface area contributed by atoms with Gasteiger partial charge in [-0.05, 0) is 0 Å². The van der Waals surface area contributed by atoms with Crippen LogP contribution in [0.4, 0.5) is 0 Å². The van der Waals surface area contributed by atoms with Crippen molar-refractivity contribution in [3.05, 3.63) is 0 Å². The van der Waals surface area contributed by atoms with Crippen LogP contribution in [-0.2, 0) is 9.13 Å². The molecule has 0 aliphatic heterocycles. The zero-order valence-corrected chi connectivity index (χ0v) is 7.38. The fraction of sp³-hybridized carbons (Fsp3) is 0. The Balaban J connectivity index is 0. The predicted octanol–water partition coefficient (Wildman–Crippen LogP) is -0.560. The summed E-state index contributed by atoms with van der Waals surface area (Å²) in [6.07, 6.45) is 0. The molecular weight excluding hydrogens is 272 g/mol. The number of hydrogen-bond acceptors (Lipinski definition) is 2. The fourth-order valence-corrected chi connectivity index (χ4v) is 0. The van der Waals surface area contributed by atoms with Crippen molar-refractivity contribution in [1.29, 1.82) is 0 Å². The SMILES string of the molecule is O=[PH]=O.[BiH2]. The van der Waals surface area contributed by atoms with Crippen LogP contribution in [0.15, 0.2) is 0 Å². The minimum absolute atomic E-state index is 0. The molecule has 0 spiro atoms. The molecule has 0 aromatic heterocycles. The van der Waals surface area contributed by atoms with Gasteiger partial charge in [0.2, 0.25) is 0 Å². The first-order valence-corrected chi connectivity index (χ1v) is 1.22. The molecule has 0 fully saturated rings. The van der Waals surface area contributed by atoms with Gasteiger partial charge in [0.05, 0.1) is 0 Å². The first-order valence-electron chi connectivity index (χ1n) is 0.408. The molecule has 4 heteroatoms. The maximum atomic E-state index is 8.40. The molecule has 0 bridgehead atoms. The van der Waals surface area contributed by atoms with Crippen LogP contribution in [0.25, 0.3) is 0 Å². The molecule has 0 aliphatic carbocycles. The molecule has 0 atom stereocenters. The summed E-state index contributed by atoms with van der Waals surface area (Å²) in [6, 6.07) is 0. The molecule has 0 N–H and O–H groups in total. The quantitative estimate of drug-likeness (QED) is 0.438. The second-order valence-corrected chi connectivity index (χ2v) is 0.250. The molecule has 0 heterocycles. The summed E-state index contributed by atoms with van der Waals surface area (Å²) in [5, 5.41) is 0. The molecule has 0 unspecified atom stereocenters. The molecular formula is H3BiO2P. The van der Waals surface area contributed by atoms with Crippen LogP contribution in [0.5, 0.6) is 0 Å². The molecule has 2 nitrogen and oxygen atoms in total. The fourth-order valence-electron chi connectivity index (χ4n) is 0. The van der Waals surface area contributed by atoms with E-state index in [1.165, 1.54) is 0 Å². The van der Waals surface area contributed by atoms with Crippen LogP contribution < -0.4 is 0 Å². The van der Waals surface area contributed by atoms with Gasteiger partial charge in [-0.25, -0.2) is 9.13 Å². The molecule has 0 aromatic rings. The third kappa shape index (κ3) is 14.4. The van der Waals surface area contributed by atoms with Crippen LogP contribution in [0.3, 0.4) is 0 Å². The summed E-state index contributed by atoms with van der Waals surface area (Å²) in [5.41, 5.74) is 0. The van der Waals surface area contributed by atoms with Crippen LogP contribution in [0.1, 0.15) is 0 Å². The van der Waals surface area contributed by atoms with Crippen molar-refractivity contribution in [2.24, 2.45) is 0 Å². The normalized spacial score (nSPS) is 3.00. The van der Waals surface area contributed by atoms with Gasteiger partial charge in [0.1, 0.15) is 0 Å². The monoisotopic (exact) mass is 275 g/mol. The molecule has 0 amide bonds. The summed E-state index contributed by atoms with van der Waals surface area (Å²) >= 11 is 0. The second-order valence-electron chi connectivity index (χ2n) is 0.0833. The van der Waals surface area contributed by atoms with Gasteiger partial charge in [0.25, 0.3) is 0 Å². The van der Waals surface area contributed by atoms with Gasteiger partial charge in [-0.15, -0.1) is 0 Å². The maximum absolute atomic E-state index is 8.40. The van der Waals surface area contributed by atoms with Gasteiger partial charge in [0, 0.05) is 0 Å². The standard InChI is InChI=1S/Bi.HO2P.2H/c;1-3-2;;/h;3H;;. The van der Waals surface area contributed by atoms with Gasteiger partial charge in [-0.1, -0.05) is 0 Å². The molecule has 0 saturated carbocycles. The van der Waals surface area contributed by atoms with Crippen molar-refractivity contribution in [3.63, 3.8) is 0 Å². The number of hydrogen-bond donors (Lipinski definition) is 0. The molecule has 0 rings (SSSR count). The van der Waals surface area contributed by atoms with Crippen LogP contribution >= 0.6 is 8.34 Å². The average molecular weight is 275 g/mol. The van der Waals surface area contributed by atoms with E-state index in [4.69, 9.17) is 9.13 Å². The Morgan fingerprint density at radius 1 is 1.25 bits per heavy atom. The third-order valence-electron chi connectivity index (χ3n) is 0. The molecule has 25 valence electrons. The topological polar surface area (TPSA) is 34.1 Å². The van der Waals surface area contributed by atoms with Crippen LogP contribution in [0, 0.1) is 0 Å². The Hall–Kier alpha value is 0.783. The zero-order chi connectivity index (χ0) is 2.71. The second kappa shape index (κ2) is 9.22. The summed E-state index contributed by atoms with van der Waals surface area (Å²) < 4.78 is 16.8. The summed E-state index contributed by atoms with van der Waals surface area (Å²) in [5.74, 6) is 0. The van der Waals surface area contributed by atoms with E-state index in [2.05, 4.69) is 0 Å². The average Bonchev–Trinajstić information content (AvgIpc) is 0.918. The van der Waals surface area contributed by atoms with E-state index in [0.717, 1.165) is 0 Å². The van der Waals surface area contributed by atoms with Crippen molar-refractivity contribution in [1.82, 2.24) is 0 Å². The van der Waals surface area contributed by atoms with Crippen molar-refractivity contribution in [2.45, 2.75) is 0 Å². The zero-order valence-electron chi connectivity index (χ0n) is 1.89. The first-order chi connectivity index (χ1) is 1.41. The Bertz CT molecular complexity index is 27.0. The van der Waals surface area contributed by atoms with E-state index < -0.39 is 8.34 Å². The van der Waals surface area contributed by atoms with E-state index >= 15 is 0 Å². The summed E-state index contributed by atoms with van der Waals surface area (Å²) in [7, 11) is -1.42. The van der Waals surface area contributed by atoms with E-state index in [0.29, 0.717) is 0 Å². The molecule has 0 aliphatic rings. The van der Waals surface area contributed by atoms with Gasteiger partial charge in [0.15, 0.2) is 0 Å². The van der Waals surface area contributed by atoms with Crippen molar-refractivity contribution in [2.75, 3.05) is 0 Å². The van der Waals surface area contributed by atoms with Gasteiger partial charge >= 0.3 is 34.5 Å². The number of rotatable bonds is 0. The molecule has 0 aromatic carbocycles. The molecule has 0 saturated heterocycles. The van der Waals surface area contributed by atoms with Crippen molar-refractivity contribution in [3.8, 4) is 0 Å². The van der Waals surface area contributed by atoms with Gasteiger partial charge in [-0.3, -0.25) is 0 Å². The predicted molar refractivity (Wildman–Crippen MR) is 18.2 cm³/mol. The van der Waals surface area contributed by atoms with Crippen LogP contribution in [0.2, 0.25) is 0 Å². The molecule has 1 radical (unpaired) electrons. The first kappa shape index (κ1) is 8.84. The minimum atomic E-state index is -1.42. The third-order valence-corrected chi connectivity index (χ3v) is 0. The van der Waals surface area contributed by atoms with E-state index in [9.17, 15) is 0 Å². The summed E-state index contributed by atoms with van der Waals surface area (Å²) in [6.45, 7) is 0. The Labute approximate surface area is 43.9 Å². The summed E-state index contributed by atoms with van der Waals surface area (Å²) in [4.78, 5) is 0. The van der Waals surface area contributed by atoms with Crippen molar-refractivity contribution < 1.29 is 9.13 Å². The Morgan fingerprint density at radius 3 is 1.25 bits per heavy atom. The van der Waals surface area contributed by atoms with E-state index in [1.807, 2.05) is 0 Å². The van der Waals surface area contributed by atoms with E-state index in [1.54, 1.807) is 0 Å². The van der Waals surface area contributed by atoms with Crippen LogP contribution in [-0.4, -0.2) is 26.2 Å². The van der Waals surface area contributed by atoms with Crippen molar-refractivity contribution >= 4 is 34.5 Å². The Kier molecular flexibility index (Phi) is 20.4. The molecule has 4 heavy (non-hydrogen) atoms. The van der Waals surface area contributed by atoms with Gasteiger partial charge in [-0.2, -0.15) is 0 Å².